The highest BCUT2D eigenvalue weighted by Gasteiger charge is 2.18. The summed E-state index contributed by atoms with van der Waals surface area (Å²) < 4.78 is 29.9. The highest BCUT2D eigenvalue weighted by molar-refractivity contribution is 7.92. The lowest BCUT2D eigenvalue weighted by atomic mass is 10.2. The second-order valence-electron chi connectivity index (χ2n) is 5.62. The van der Waals surface area contributed by atoms with Crippen molar-refractivity contribution in [3.63, 3.8) is 0 Å². The molecule has 0 aliphatic carbocycles. The van der Waals surface area contributed by atoms with Crippen molar-refractivity contribution in [2.45, 2.75) is 0 Å². The van der Waals surface area contributed by atoms with Gasteiger partial charge in [0.15, 0.2) is 0 Å². The average molecular weight is 391 g/mol. The van der Waals surface area contributed by atoms with Gasteiger partial charge < -0.3 is 15.4 Å². The van der Waals surface area contributed by atoms with Crippen molar-refractivity contribution in [3.8, 4) is 0 Å². The maximum atomic E-state index is 12.1. The molecule has 0 radical (unpaired) electrons. The van der Waals surface area contributed by atoms with Gasteiger partial charge >= 0.3 is 12.0 Å². The van der Waals surface area contributed by atoms with Crippen LogP contribution in [0.2, 0.25) is 0 Å². The second kappa shape index (κ2) is 9.04. The van der Waals surface area contributed by atoms with Crippen LogP contribution in [0.15, 0.2) is 54.6 Å². The molecule has 0 atom stereocenters. The first-order valence-electron chi connectivity index (χ1n) is 8.07. The molecule has 0 spiro atoms. The molecule has 0 unspecified atom stereocenters. The van der Waals surface area contributed by atoms with E-state index < -0.39 is 22.0 Å². The molecule has 0 aliphatic heterocycles. The second-order valence-corrected chi connectivity index (χ2v) is 7.53. The van der Waals surface area contributed by atoms with Crippen LogP contribution in [0.3, 0.4) is 0 Å². The van der Waals surface area contributed by atoms with Gasteiger partial charge in [-0.25, -0.2) is 18.0 Å². The standard InChI is InChI=1S/C18H21N3O5S/c1-26-17(22)14-8-10-16(11-9-14)21(27(2,24)25)13-12-19-18(23)20-15-6-4-3-5-7-15/h3-11H,12-13H2,1-2H3,(H2,19,20,23). The summed E-state index contributed by atoms with van der Waals surface area (Å²) in [4.78, 5) is 23.4. The monoisotopic (exact) mass is 391 g/mol. The SMILES string of the molecule is COC(=O)c1ccc(N(CCNC(=O)Nc2ccccc2)S(C)(=O)=O)cc1. The lowest BCUT2D eigenvalue weighted by Crippen LogP contribution is -2.39. The number of rotatable bonds is 7. The van der Waals surface area contributed by atoms with Gasteiger partial charge in [-0.1, -0.05) is 18.2 Å². The number of methoxy groups -OCH3 is 1. The van der Waals surface area contributed by atoms with Gasteiger partial charge in [0.05, 0.1) is 31.2 Å². The van der Waals surface area contributed by atoms with E-state index >= 15 is 0 Å². The van der Waals surface area contributed by atoms with Crippen molar-refractivity contribution < 1.29 is 22.7 Å². The van der Waals surface area contributed by atoms with Gasteiger partial charge in [-0.2, -0.15) is 0 Å². The lowest BCUT2D eigenvalue weighted by Gasteiger charge is -2.22. The number of sulfonamides is 1. The molecule has 2 aromatic carbocycles. The third-order valence-electron chi connectivity index (χ3n) is 3.61. The van der Waals surface area contributed by atoms with E-state index in [2.05, 4.69) is 15.4 Å². The molecular weight excluding hydrogens is 370 g/mol. The Morgan fingerprint density at radius 1 is 1.04 bits per heavy atom. The van der Waals surface area contributed by atoms with Gasteiger partial charge in [-0.3, -0.25) is 4.31 Å². The number of benzene rings is 2. The Bertz CT molecular complexity index is 883. The molecule has 2 amide bonds. The minimum atomic E-state index is -3.57. The summed E-state index contributed by atoms with van der Waals surface area (Å²) in [5, 5.41) is 5.26. The number of urea groups is 1. The molecule has 0 heterocycles. The zero-order valence-corrected chi connectivity index (χ0v) is 15.8. The van der Waals surface area contributed by atoms with E-state index in [0.717, 1.165) is 10.6 Å². The Morgan fingerprint density at radius 2 is 1.67 bits per heavy atom. The van der Waals surface area contributed by atoms with E-state index in [-0.39, 0.29) is 13.1 Å². The molecule has 9 heteroatoms. The van der Waals surface area contributed by atoms with Gasteiger partial charge in [0.2, 0.25) is 10.0 Å². The van der Waals surface area contributed by atoms with Crippen LogP contribution in [0.1, 0.15) is 10.4 Å². The van der Waals surface area contributed by atoms with E-state index in [1.807, 2.05) is 6.07 Å². The minimum absolute atomic E-state index is 0.0403. The highest BCUT2D eigenvalue weighted by atomic mass is 32.2. The van der Waals surface area contributed by atoms with E-state index in [9.17, 15) is 18.0 Å². The maximum Gasteiger partial charge on any atom is 0.337 e. The zero-order valence-electron chi connectivity index (χ0n) is 15.0. The molecule has 2 aromatic rings. The zero-order chi connectivity index (χ0) is 19.9. The molecule has 8 nitrogen and oxygen atoms in total. The third-order valence-corrected chi connectivity index (χ3v) is 4.80. The summed E-state index contributed by atoms with van der Waals surface area (Å²) in [6.07, 6.45) is 1.07. The molecule has 0 saturated carbocycles. The van der Waals surface area contributed by atoms with Crippen LogP contribution in [0.25, 0.3) is 0 Å². The molecule has 0 fully saturated rings. The normalized spacial score (nSPS) is 10.7. The van der Waals surface area contributed by atoms with Crippen LogP contribution < -0.4 is 14.9 Å². The average Bonchev–Trinajstić information content (AvgIpc) is 2.64. The molecule has 2 rings (SSSR count). The Balaban J connectivity index is 1.99. The van der Waals surface area contributed by atoms with Gasteiger partial charge in [-0.05, 0) is 36.4 Å². The quantitative estimate of drug-likeness (QED) is 0.703. The lowest BCUT2D eigenvalue weighted by molar-refractivity contribution is 0.0600. The first kappa shape index (κ1) is 20.2. The number of ether oxygens (including phenoxy) is 1. The largest absolute Gasteiger partial charge is 0.465 e. The predicted molar refractivity (Wildman–Crippen MR) is 103 cm³/mol. The van der Waals surface area contributed by atoms with E-state index in [0.29, 0.717) is 16.9 Å². The molecule has 0 aliphatic rings. The van der Waals surface area contributed by atoms with Gasteiger partial charge in [0.1, 0.15) is 0 Å². The highest BCUT2D eigenvalue weighted by Crippen LogP contribution is 2.18. The predicted octanol–water partition coefficient (Wildman–Crippen LogP) is 2.06. The van der Waals surface area contributed by atoms with Crippen LogP contribution in [0, 0.1) is 0 Å². The number of esters is 1. The van der Waals surface area contributed by atoms with E-state index in [4.69, 9.17) is 0 Å². The first-order valence-corrected chi connectivity index (χ1v) is 9.92. The fourth-order valence-corrected chi connectivity index (χ4v) is 3.26. The molecule has 27 heavy (non-hydrogen) atoms. The minimum Gasteiger partial charge on any atom is -0.465 e. The van der Waals surface area contributed by atoms with Gasteiger partial charge in [-0.15, -0.1) is 0 Å². The summed E-state index contributed by atoms with van der Waals surface area (Å²) in [5.74, 6) is -0.508. The van der Waals surface area contributed by atoms with Crippen LogP contribution >= 0.6 is 0 Å². The number of carbonyl (C=O) groups excluding carboxylic acids is 2. The molecule has 144 valence electrons. The first-order chi connectivity index (χ1) is 12.8. The molecule has 0 bridgehead atoms. The molecule has 0 aromatic heterocycles. The smallest absolute Gasteiger partial charge is 0.337 e. The number of nitrogens with zero attached hydrogens (tertiary/aromatic N) is 1. The van der Waals surface area contributed by atoms with Gasteiger partial charge in [0, 0.05) is 12.2 Å². The summed E-state index contributed by atoms with van der Waals surface area (Å²) >= 11 is 0. The summed E-state index contributed by atoms with van der Waals surface area (Å²) in [5.41, 5.74) is 1.33. The van der Waals surface area contributed by atoms with Crippen molar-refractivity contribution >= 4 is 33.4 Å². The van der Waals surface area contributed by atoms with Crippen LogP contribution in [-0.2, 0) is 14.8 Å². The summed E-state index contributed by atoms with van der Waals surface area (Å²) in [6, 6.07) is 14.4. The van der Waals surface area contributed by atoms with Crippen molar-refractivity contribution in [3.05, 3.63) is 60.2 Å². The number of hydrogen-bond acceptors (Lipinski definition) is 5. The number of amides is 2. The Labute approximate surface area is 158 Å². The molecule has 2 N–H and O–H groups in total. The maximum absolute atomic E-state index is 12.1. The van der Waals surface area contributed by atoms with Gasteiger partial charge in [0.25, 0.3) is 0 Å². The van der Waals surface area contributed by atoms with Crippen molar-refractivity contribution in [1.29, 1.82) is 0 Å². The topological polar surface area (TPSA) is 105 Å². The van der Waals surface area contributed by atoms with Crippen molar-refractivity contribution in [2.24, 2.45) is 0 Å². The molecular formula is C18H21N3O5S. The Hall–Kier alpha value is -3.07. The van der Waals surface area contributed by atoms with Crippen LogP contribution in [0.5, 0.6) is 0 Å². The number of hydrogen-bond donors (Lipinski definition) is 2. The van der Waals surface area contributed by atoms with E-state index in [1.54, 1.807) is 24.3 Å². The fraction of sp³-hybridized carbons (Fsp3) is 0.222. The van der Waals surface area contributed by atoms with E-state index in [1.165, 1.54) is 31.4 Å². The number of nitrogens with one attached hydrogen (secondary N) is 2. The summed E-state index contributed by atoms with van der Waals surface area (Å²) in [6.45, 7) is 0.142. The number of anilines is 2. The van der Waals surface area contributed by atoms with Crippen molar-refractivity contribution in [2.75, 3.05) is 36.1 Å². The Kier molecular flexibility index (Phi) is 6.78. The molecule has 0 saturated heterocycles. The number of carbonyl (C=O) groups is 2. The van der Waals surface area contributed by atoms with Crippen molar-refractivity contribution in [1.82, 2.24) is 5.32 Å². The summed E-state index contributed by atoms with van der Waals surface area (Å²) in [7, 11) is -2.30. The van der Waals surface area contributed by atoms with Crippen LogP contribution in [-0.4, -0.2) is 46.9 Å². The van der Waals surface area contributed by atoms with Crippen LogP contribution in [0.4, 0.5) is 16.2 Å². The third kappa shape index (κ3) is 6.00. The fourth-order valence-electron chi connectivity index (χ4n) is 2.34. The Morgan fingerprint density at radius 3 is 2.22 bits per heavy atom. The number of para-hydroxylation sites is 1.